The molecule has 0 saturated heterocycles. The van der Waals surface area contributed by atoms with Crippen molar-refractivity contribution in [1.29, 1.82) is 0 Å². The van der Waals surface area contributed by atoms with E-state index in [1.807, 2.05) is 6.92 Å². The fourth-order valence-corrected chi connectivity index (χ4v) is 3.21. The Morgan fingerprint density at radius 1 is 1.29 bits per heavy atom. The van der Waals surface area contributed by atoms with E-state index in [0.717, 1.165) is 11.1 Å². The maximum Gasteiger partial charge on any atom is 0.315 e. The lowest BCUT2D eigenvalue weighted by atomic mass is 10.1. The van der Waals surface area contributed by atoms with E-state index in [0.29, 0.717) is 6.54 Å². The molecule has 2 N–H and O–H groups in total. The number of hydrogen-bond acceptors (Lipinski definition) is 2. The summed E-state index contributed by atoms with van der Waals surface area (Å²) in [5.41, 5.74) is 2.01. The van der Waals surface area contributed by atoms with Crippen molar-refractivity contribution in [3.05, 3.63) is 57.0 Å². The number of rotatable bonds is 4. The van der Waals surface area contributed by atoms with Crippen LogP contribution in [0.2, 0.25) is 0 Å². The van der Waals surface area contributed by atoms with Crippen molar-refractivity contribution >= 4 is 17.4 Å². The van der Waals surface area contributed by atoms with Gasteiger partial charge in [-0.2, -0.15) is 0 Å². The number of carbonyl (C=O) groups is 1. The standard InChI is InChI=1S/C16H19FN2OS/c1-10-8-15(12(3)21-10)11(2)19-16(20)18-9-13-4-6-14(17)7-5-13/h4-8,11H,9H2,1-3H3,(H2,18,19,20). The zero-order chi connectivity index (χ0) is 15.4. The molecule has 1 aromatic heterocycles. The molecule has 0 aliphatic carbocycles. The summed E-state index contributed by atoms with van der Waals surface area (Å²) in [7, 11) is 0. The summed E-state index contributed by atoms with van der Waals surface area (Å²) in [6.07, 6.45) is 0. The normalized spacial score (nSPS) is 12.0. The molecule has 0 radical (unpaired) electrons. The van der Waals surface area contributed by atoms with Gasteiger partial charge in [-0.15, -0.1) is 11.3 Å². The highest BCUT2D eigenvalue weighted by Gasteiger charge is 2.13. The van der Waals surface area contributed by atoms with Crippen LogP contribution in [0, 0.1) is 19.7 Å². The van der Waals surface area contributed by atoms with E-state index in [1.54, 1.807) is 23.5 Å². The first-order valence-corrected chi connectivity index (χ1v) is 7.63. The molecule has 0 fully saturated rings. The molecule has 1 aromatic carbocycles. The van der Waals surface area contributed by atoms with Gasteiger partial charge in [-0.3, -0.25) is 0 Å². The molecule has 0 spiro atoms. The molecule has 21 heavy (non-hydrogen) atoms. The Kier molecular flexibility index (Phi) is 4.96. The minimum atomic E-state index is -0.278. The molecule has 5 heteroatoms. The van der Waals surface area contributed by atoms with Crippen molar-refractivity contribution in [2.45, 2.75) is 33.4 Å². The maximum absolute atomic E-state index is 12.8. The molecule has 1 unspecified atom stereocenters. The molecule has 0 aliphatic rings. The van der Waals surface area contributed by atoms with Gasteiger partial charge in [-0.1, -0.05) is 12.1 Å². The van der Waals surface area contributed by atoms with Gasteiger partial charge in [0.25, 0.3) is 0 Å². The average molecular weight is 306 g/mol. The zero-order valence-electron chi connectivity index (χ0n) is 12.4. The van der Waals surface area contributed by atoms with E-state index in [2.05, 4.69) is 30.5 Å². The lowest BCUT2D eigenvalue weighted by molar-refractivity contribution is 0.237. The highest BCUT2D eigenvalue weighted by Crippen LogP contribution is 2.25. The van der Waals surface area contributed by atoms with Gasteiger partial charge in [-0.05, 0) is 50.1 Å². The van der Waals surface area contributed by atoms with Crippen LogP contribution in [0.3, 0.4) is 0 Å². The lowest BCUT2D eigenvalue weighted by Gasteiger charge is -2.14. The maximum atomic E-state index is 12.8. The van der Waals surface area contributed by atoms with Gasteiger partial charge in [0.2, 0.25) is 0 Å². The summed E-state index contributed by atoms with van der Waals surface area (Å²) in [6, 6.07) is 7.92. The van der Waals surface area contributed by atoms with Gasteiger partial charge < -0.3 is 10.6 Å². The molecule has 112 valence electrons. The first-order valence-electron chi connectivity index (χ1n) is 6.81. The minimum Gasteiger partial charge on any atom is -0.334 e. The first kappa shape index (κ1) is 15.5. The molecule has 0 aliphatic heterocycles. The van der Waals surface area contributed by atoms with Crippen molar-refractivity contribution in [2.75, 3.05) is 0 Å². The number of hydrogen-bond donors (Lipinski definition) is 2. The van der Waals surface area contributed by atoms with Crippen LogP contribution in [0.25, 0.3) is 0 Å². The van der Waals surface area contributed by atoms with Gasteiger partial charge in [0.15, 0.2) is 0 Å². The van der Waals surface area contributed by atoms with Crippen LogP contribution < -0.4 is 10.6 Å². The monoisotopic (exact) mass is 306 g/mol. The highest BCUT2D eigenvalue weighted by atomic mass is 32.1. The summed E-state index contributed by atoms with van der Waals surface area (Å²) in [4.78, 5) is 14.4. The Hall–Kier alpha value is -1.88. The minimum absolute atomic E-state index is 0.0387. The Labute approximate surface area is 128 Å². The number of halogens is 1. The third-order valence-electron chi connectivity index (χ3n) is 3.26. The van der Waals surface area contributed by atoms with Crippen LogP contribution in [-0.4, -0.2) is 6.03 Å². The quantitative estimate of drug-likeness (QED) is 0.878. The predicted octanol–water partition coefficient (Wildman–Crippen LogP) is 4.06. The second-order valence-corrected chi connectivity index (χ2v) is 6.50. The fraction of sp³-hybridized carbons (Fsp3) is 0.312. The van der Waals surface area contributed by atoms with Gasteiger partial charge >= 0.3 is 6.03 Å². The second-order valence-electron chi connectivity index (χ2n) is 5.04. The average Bonchev–Trinajstić information content (AvgIpc) is 2.77. The molecule has 2 aromatic rings. The molecule has 0 bridgehead atoms. The molecule has 2 amide bonds. The molecule has 2 rings (SSSR count). The largest absolute Gasteiger partial charge is 0.334 e. The summed E-state index contributed by atoms with van der Waals surface area (Å²) in [5.74, 6) is -0.278. The van der Waals surface area contributed by atoms with Gasteiger partial charge in [0.05, 0.1) is 6.04 Å². The molecule has 0 saturated carbocycles. The van der Waals surface area contributed by atoms with Crippen LogP contribution >= 0.6 is 11.3 Å². The summed E-state index contributed by atoms with van der Waals surface area (Å²) in [6.45, 7) is 6.45. The van der Waals surface area contributed by atoms with Gasteiger partial charge in [0, 0.05) is 16.3 Å². The predicted molar refractivity (Wildman–Crippen MR) is 84.0 cm³/mol. The lowest BCUT2D eigenvalue weighted by Crippen LogP contribution is -2.36. The third kappa shape index (κ3) is 4.29. The number of nitrogens with one attached hydrogen (secondary N) is 2. The number of thiophene rings is 1. The van der Waals surface area contributed by atoms with E-state index in [9.17, 15) is 9.18 Å². The fourth-order valence-electron chi connectivity index (χ4n) is 2.19. The van der Waals surface area contributed by atoms with Crippen LogP contribution in [0.1, 0.15) is 33.8 Å². The van der Waals surface area contributed by atoms with E-state index in [1.165, 1.54) is 21.9 Å². The van der Waals surface area contributed by atoms with Crippen molar-refractivity contribution in [3.63, 3.8) is 0 Å². The van der Waals surface area contributed by atoms with Crippen molar-refractivity contribution < 1.29 is 9.18 Å². The Morgan fingerprint density at radius 2 is 1.95 bits per heavy atom. The molecular formula is C16H19FN2OS. The Balaban J connectivity index is 1.87. The smallest absolute Gasteiger partial charge is 0.315 e. The van der Waals surface area contributed by atoms with Crippen molar-refractivity contribution in [2.24, 2.45) is 0 Å². The van der Waals surface area contributed by atoms with Crippen LogP contribution in [0.5, 0.6) is 0 Å². The van der Waals surface area contributed by atoms with E-state index >= 15 is 0 Å². The van der Waals surface area contributed by atoms with E-state index in [-0.39, 0.29) is 17.9 Å². The number of benzene rings is 1. The number of aryl methyl sites for hydroxylation is 2. The third-order valence-corrected chi connectivity index (χ3v) is 4.24. The molecule has 1 heterocycles. The van der Waals surface area contributed by atoms with Crippen molar-refractivity contribution in [1.82, 2.24) is 10.6 Å². The summed E-state index contributed by atoms with van der Waals surface area (Å²) < 4.78 is 12.8. The topological polar surface area (TPSA) is 41.1 Å². The Bertz CT molecular complexity index is 622. The zero-order valence-corrected chi connectivity index (χ0v) is 13.2. The Morgan fingerprint density at radius 3 is 2.52 bits per heavy atom. The van der Waals surface area contributed by atoms with Gasteiger partial charge in [-0.25, -0.2) is 9.18 Å². The second kappa shape index (κ2) is 6.72. The SMILES string of the molecule is Cc1cc(C(C)NC(=O)NCc2ccc(F)cc2)c(C)s1. The van der Waals surface area contributed by atoms with Crippen molar-refractivity contribution in [3.8, 4) is 0 Å². The summed E-state index contributed by atoms with van der Waals surface area (Å²) in [5, 5.41) is 5.69. The van der Waals surface area contributed by atoms with Crippen LogP contribution in [-0.2, 0) is 6.54 Å². The highest BCUT2D eigenvalue weighted by molar-refractivity contribution is 7.12. The van der Waals surface area contributed by atoms with Crippen LogP contribution in [0.15, 0.2) is 30.3 Å². The van der Waals surface area contributed by atoms with Gasteiger partial charge in [0.1, 0.15) is 5.82 Å². The van der Waals surface area contributed by atoms with E-state index in [4.69, 9.17) is 0 Å². The van der Waals surface area contributed by atoms with E-state index < -0.39 is 0 Å². The number of amides is 2. The molecule has 3 nitrogen and oxygen atoms in total. The molecular weight excluding hydrogens is 287 g/mol. The van der Waals surface area contributed by atoms with Crippen LogP contribution in [0.4, 0.5) is 9.18 Å². The number of urea groups is 1. The summed E-state index contributed by atoms with van der Waals surface area (Å²) >= 11 is 1.73. The first-order chi connectivity index (χ1) is 9.95. The molecule has 1 atom stereocenters. The number of carbonyl (C=O) groups excluding carboxylic acids is 1.